The molecule has 0 N–H and O–H groups in total. The zero-order valence-electron chi connectivity index (χ0n) is 14.0. The van der Waals surface area contributed by atoms with E-state index in [1.807, 2.05) is 52.0 Å². The van der Waals surface area contributed by atoms with E-state index in [-0.39, 0.29) is 12.5 Å². The summed E-state index contributed by atoms with van der Waals surface area (Å²) in [6.07, 6.45) is 0. The second-order valence-electron chi connectivity index (χ2n) is 5.38. The second-order valence-corrected chi connectivity index (χ2v) is 6.29. The molecule has 1 aliphatic rings. The third-order valence-corrected chi connectivity index (χ3v) is 3.96. The lowest BCUT2D eigenvalue weighted by Gasteiger charge is -2.29. The van der Waals surface area contributed by atoms with E-state index in [9.17, 15) is 4.79 Å². The van der Waals surface area contributed by atoms with Crippen molar-refractivity contribution in [2.45, 2.75) is 34.2 Å². The highest BCUT2D eigenvalue weighted by Crippen LogP contribution is 2.34. The summed E-state index contributed by atoms with van der Waals surface area (Å²) in [6.45, 7) is 8.72. The Morgan fingerprint density at radius 3 is 2.52 bits per heavy atom. The number of benzene rings is 2. The van der Waals surface area contributed by atoms with Crippen molar-refractivity contribution in [1.29, 1.82) is 0 Å². The van der Waals surface area contributed by atoms with Gasteiger partial charge in [-0.2, -0.15) is 0 Å². The molecule has 23 heavy (non-hydrogen) atoms. The average molecular weight is 376 g/mol. The van der Waals surface area contributed by atoms with Gasteiger partial charge in [-0.15, -0.1) is 0 Å². The first-order valence-corrected chi connectivity index (χ1v) is 8.62. The fourth-order valence-corrected chi connectivity index (χ4v) is 3.23. The normalized spacial score (nSPS) is 12.9. The molecule has 0 bridgehead atoms. The average Bonchev–Trinajstić information content (AvgIpc) is 2.51. The molecule has 0 fully saturated rings. The van der Waals surface area contributed by atoms with Gasteiger partial charge in [-0.1, -0.05) is 41.9 Å². The Labute approximate surface area is 146 Å². The predicted molar refractivity (Wildman–Crippen MR) is 98.1 cm³/mol. The molecule has 1 aliphatic heterocycles. The van der Waals surface area contributed by atoms with Crippen LogP contribution in [0.2, 0.25) is 0 Å². The summed E-state index contributed by atoms with van der Waals surface area (Å²) in [5.41, 5.74) is 4.24. The molecule has 122 valence electrons. The standard InChI is InChI=1S/C17H16BrNO2.C2H6/c1-11-3-4-15-16(7-11)21-10-17(20)19(15)9-13-5-12(2)6-14(18)8-13;1-2/h3-8H,9-10H2,1-2H3;1-2H3. The molecule has 3 nitrogen and oxygen atoms in total. The van der Waals surface area contributed by atoms with Crippen LogP contribution < -0.4 is 9.64 Å². The molecule has 0 aromatic heterocycles. The van der Waals surface area contributed by atoms with Crippen molar-refractivity contribution in [2.75, 3.05) is 11.5 Å². The molecule has 4 heteroatoms. The maximum atomic E-state index is 12.2. The van der Waals surface area contributed by atoms with Gasteiger partial charge in [0.25, 0.3) is 5.91 Å². The monoisotopic (exact) mass is 375 g/mol. The Hall–Kier alpha value is -1.81. The fourth-order valence-electron chi connectivity index (χ4n) is 2.57. The smallest absolute Gasteiger partial charge is 0.265 e. The molecule has 0 unspecified atom stereocenters. The van der Waals surface area contributed by atoms with Gasteiger partial charge in [-0.25, -0.2) is 0 Å². The van der Waals surface area contributed by atoms with Gasteiger partial charge in [0.1, 0.15) is 5.75 Å². The first kappa shape index (κ1) is 17.5. The molecule has 0 atom stereocenters. The van der Waals surface area contributed by atoms with E-state index < -0.39 is 0 Å². The zero-order valence-corrected chi connectivity index (χ0v) is 15.6. The summed E-state index contributed by atoms with van der Waals surface area (Å²) >= 11 is 3.51. The van der Waals surface area contributed by atoms with Gasteiger partial charge in [-0.05, 0) is 54.8 Å². The SMILES string of the molecule is CC.Cc1cc(Br)cc(CN2C(=O)COc3cc(C)ccc32)c1. The minimum absolute atomic E-state index is 0.0102. The number of amides is 1. The summed E-state index contributed by atoms with van der Waals surface area (Å²) in [5.74, 6) is 0.769. The van der Waals surface area contributed by atoms with E-state index in [0.29, 0.717) is 6.54 Å². The van der Waals surface area contributed by atoms with Crippen LogP contribution in [0.1, 0.15) is 30.5 Å². The van der Waals surface area contributed by atoms with Gasteiger partial charge in [0.05, 0.1) is 12.2 Å². The topological polar surface area (TPSA) is 29.5 Å². The van der Waals surface area contributed by atoms with Crippen molar-refractivity contribution >= 4 is 27.5 Å². The number of aryl methyl sites for hydroxylation is 2. The molecule has 0 aliphatic carbocycles. The van der Waals surface area contributed by atoms with Crippen LogP contribution in [-0.2, 0) is 11.3 Å². The van der Waals surface area contributed by atoms with Crippen molar-refractivity contribution in [3.05, 3.63) is 57.6 Å². The summed E-state index contributed by atoms with van der Waals surface area (Å²) in [5, 5.41) is 0. The zero-order chi connectivity index (χ0) is 17.0. The molecule has 2 aromatic carbocycles. The van der Waals surface area contributed by atoms with Crippen LogP contribution in [0.25, 0.3) is 0 Å². The number of rotatable bonds is 2. The highest BCUT2D eigenvalue weighted by Gasteiger charge is 2.25. The number of carbonyl (C=O) groups is 1. The van der Waals surface area contributed by atoms with E-state index in [2.05, 4.69) is 28.1 Å². The molecule has 0 saturated carbocycles. The Balaban J connectivity index is 0.000000924. The Bertz CT molecular complexity index is 692. The number of carbonyl (C=O) groups excluding carboxylic acids is 1. The van der Waals surface area contributed by atoms with E-state index in [1.165, 1.54) is 5.56 Å². The quantitative estimate of drug-likeness (QED) is 0.737. The van der Waals surface area contributed by atoms with Crippen molar-refractivity contribution in [2.24, 2.45) is 0 Å². The van der Waals surface area contributed by atoms with Crippen molar-refractivity contribution in [3.63, 3.8) is 0 Å². The minimum Gasteiger partial charge on any atom is -0.482 e. The van der Waals surface area contributed by atoms with Crippen LogP contribution in [0.3, 0.4) is 0 Å². The van der Waals surface area contributed by atoms with Gasteiger partial charge in [-0.3, -0.25) is 4.79 Å². The van der Waals surface area contributed by atoms with E-state index >= 15 is 0 Å². The molecule has 1 amide bonds. The third kappa shape index (κ3) is 4.14. The number of halogens is 1. The number of anilines is 1. The molecule has 0 radical (unpaired) electrons. The number of hydrogen-bond donors (Lipinski definition) is 0. The molecule has 0 spiro atoms. The second kappa shape index (κ2) is 7.64. The summed E-state index contributed by atoms with van der Waals surface area (Å²) in [6, 6.07) is 12.1. The van der Waals surface area contributed by atoms with Gasteiger partial charge >= 0.3 is 0 Å². The molecule has 2 aromatic rings. The Morgan fingerprint density at radius 2 is 1.83 bits per heavy atom. The number of fused-ring (bicyclic) bond motifs is 1. The number of nitrogens with zero attached hydrogens (tertiary/aromatic N) is 1. The predicted octanol–water partition coefficient (Wildman–Crippen LogP) is 5.02. The first-order chi connectivity index (χ1) is 11.0. The van der Waals surface area contributed by atoms with Crippen molar-refractivity contribution in [1.82, 2.24) is 0 Å². The molecule has 3 rings (SSSR count). The highest BCUT2D eigenvalue weighted by molar-refractivity contribution is 9.10. The van der Waals surface area contributed by atoms with Gasteiger partial charge in [0.15, 0.2) is 6.61 Å². The lowest BCUT2D eigenvalue weighted by Crippen LogP contribution is -2.38. The van der Waals surface area contributed by atoms with Gasteiger partial charge in [0, 0.05) is 4.47 Å². The van der Waals surface area contributed by atoms with Crippen LogP contribution in [0.4, 0.5) is 5.69 Å². The Morgan fingerprint density at radius 1 is 1.09 bits per heavy atom. The molecule has 0 saturated heterocycles. The summed E-state index contributed by atoms with van der Waals surface area (Å²) < 4.78 is 6.56. The van der Waals surface area contributed by atoms with Gasteiger partial charge < -0.3 is 9.64 Å². The lowest BCUT2D eigenvalue weighted by molar-refractivity contribution is -0.121. The van der Waals surface area contributed by atoms with Crippen LogP contribution in [0, 0.1) is 13.8 Å². The van der Waals surface area contributed by atoms with E-state index in [4.69, 9.17) is 4.74 Å². The summed E-state index contributed by atoms with van der Waals surface area (Å²) in [7, 11) is 0. The van der Waals surface area contributed by atoms with Crippen LogP contribution in [0.15, 0.2) is 40.9 Å². The highest BCUT2D eigenvalue weighted by atomic mass is 79.9. The van der Waals surface area contributed by atoms with Crippen LogP contribution in [0.5, 0.6) is 5.75 Å². The number of hydrogen-bond acceptors (Lipinski definition) is 2. The Kier molecular flexibility index (Phi) is 5.83. The van der Waals surface area contributed by atoms with E-state index in [1.54, 1.807) is 4.90 Å². The first-order valence-electron chi connectivity index (χ1n) is 7.83. The largest absolute Gasteiger partial charge is 0.482 e. The van der Waals surface area contributed by atoms with Crippen molar-refractivity contribution < 1.29 is 9.53 Å². The molecular weight excluding hydrogens is 354 g/mol. The lowest BCUT2D eigenvalue weighted by atomic mass is 10.1. The van der Waals surface area contributed by atoms with Gasteiger partial charge in [0.2, 0.25) is 0 Å². The summed E-state index contributed by atoms with van der Waals surface area (Å²) in [4.78, 5) is 14.0. The minimum atomic E-state index is -0.0102. The van der Waals surface area contributed by atoms with Crippen LogP contribution in [-0.4, -0.2) is 12.5 Å². The molecular formula is C19H22BrNO2. The van der Waals surface area contributed by atoms with E-state index in [0.717, 1.165) is 27.0 Å². The van der Waals surface area contributed by atoms with Crippen molar-refractivity contribution in [3.8, 4) is 5.75 Å². The number of ether oxygens (including phenoxy) is 1. The fraction of sp³-hybridized carbons (Fsp3) is 0.316. The van der Waals surface area contributed by atoms with Crippen LogP contribution >= 0.6 is 15.9 Å². The third-order valence-electron chi connectivity index (χ3n) is 3.50. The molecule has 1 heterocycles. The maximum absolute atomic E-state index is 12.2. The maximum Gasteiger partial charge on any atom is 0.265 e.